The minimum atomic E-state index is -0.0185. The summed E-state index contributed by atoms with van der Waals surface area (Å²) in [6, 6.07) is 10.4. The molecule has 198 valence electrons. The molecule has 0 aliphatic carbocycles. The fraction of sp³-hybridized carbons (Fsp3) is 0.483. The summed E-state index contributed by atoms with van der Waals surface area (Å²) in [5.74, 6) is 2.06. The van der Waals surface area contributed by atoms with Gasteiger partial charge in [-0.1, -0.05) is 18.2 Å². The first kappa shape index (κ1) is 25.9. The van der Waals surface area contributed by atoms with Crippen molar-refractivity contribution in [1.82, 2.24) is 25.4 Å². The minimum Gasteiger partial charge on any atom is -0.362 e. The fourth-order valence-corrected chi connectivity index (χ4v) is 5.66. The number of pyridine rings is 1. The standard InChI is InChI=1S/C29H36N8O/c1-19-22(7-10-30)5-4-6-24(19)20(2)33-28-25-17-27(32-18-26(25)21(3)34-35-28)36-13-15-37(16-14-36)29(38)23-8-11-31-12-9-23/h4-6,17-18,20,23,31H,7-9,11-16H2,1-3H3,(H,33,35)/t20-/m1/s1. The number of nitriles is 1. The van der Waals surface area contributed by atoms with Crippen molar-refractivity contribution >= 4 is 28.3 Å². The number of piperidine rings is 1. The molecule has 0 radical (unpaired) electrons. The van der Waals surface area contributed by atoms with Crippen LogP contribution < -0.4 is 15.5 Å². The van der Waals surface area contributed by atoms with E-state index in [4.69, 9.17) is 4.98 Å². The van der Waals surface area contributed by atoms with Crippen LogP contribution >= 0.6 is 0 Å². The van der Waals surface area contributed by atoms with E-state index in [1.54, 1.807) is 0 Å². The summed E-state index contributed by atoms with van der Waals surface area (Å²) in [4.78, 5) is 22.0. The third-order valence-corrected chi connectivity index (χ3v) is 8.02. The Labute approximate surface area is 224 Å². The lowest BCUT2D eigenvalue weighted by Crippen LogP contribution is -2.51. The van der Waals surface area contributed by atoms with E-state index in [-0.39, 0.29) is 12.0 Å². The van der Waals surface area contributed by atoms with E-state index >= 15 is 0 Å². The SMILES string of the molecule is Cc1c(CC#N)cccc1[C@@H](C)Nc1nnc(C)c2cnc(N3CCN(C(=O)C4CCNCC4)CC3)cc12. The number of hydrogen-bond acceptors (Lipinski definition) is 8. The third-order valence-electron chi connectivity index (χ3n) is 8.02. The Morgan fingerprint density at radius 2 is 1.92 bits per heavy atom. The molecule has 9 nitrogen and oxygen atoms in total. The predicted molar refractivity (Wildman–Crippen MR) is 149 cm³/mol. The molecule has 2 N–H and O–H groups in total. The van der Waals surface area contributed by atoms with E-state index in [2.05, 4.69) is 57.8 Å². The van der Waals surface area contributed by atoms with Gasteiger partial charge in [0.25, 0.3) is 0 Å². The molecular formula is C29H36N8O. The number of carbonyl (C=O) groups is 1. The van der Waals surface area contributed by atoms with Crippen LogP contribution in [0.1, 0.15) is 48.2 Å². The van der Waals surface area contributed by atoms with Gasteiger partial charge in [0.15, 0.2) is 5.82 Å². The molecule has 38 heavy (non-hydrogen) atoms. The number of amides is 1. The summed E-state index contributed by atoms with van der Waals surface area (Å²) in [6.45, 7) is 10.9. The fourth-order valence-electron chi connectivity index (χ4n) is 5.66. The average Bonchev–Trinajstić information content (AvgIpc) is 2.95. The first-order valence-corrected chi connectivity index (χ1v) is 13.6. The van der Waals surface area contributed by atoms with Crippen molar-refractivity contribution in [3.05, 3.63) is 52.8 Å². The van der Waals surface area contributed by atoms with Crippen molar-refractivity contribution in [3.8, 4) is 6.07 Å². The number of rotatable bonds is 6. The number of aromatic nitrogens is 3. The number of fused-ring (bicyclic) bond motifs is 1. The number of aryl methyl sites for hydroxylation is 1. The van der Waals surface area contributed by atoms with Crippen LogP contribution in [0, 0.1) is 31.1 Å². The normalized spacial score (nSPS) is 17.3. The number of anilines is 2. The van der Waals surface area contributed by atoms with Crippen molar-refractivity contribution in [2.75, 3.05) is 49.5 Å². The minimum absolute atomic E-state index is 0.0185. The molecule has 1 aromatic carbocycles. The van der Waals surface area contributed by atoms with Crippen LogP contribution in [0.2, 0.25) is 0 Å². The lowest BCUT2D eigenvalue weighted by atomic mass is 9.96. The molecule has 2 fully saturated rings. The molecule has 2 aromatic heterocycles. The molecule has 2 aliphatic rings. The average molecular weight is 513 g/mol. The number of piperazine rings is 1. The summed E-state index contributed by atoms with van der Waals surface area (Å²) in [6.07, 6.45) is 4.14. The van der Waals surface area contributed by atoms with E-state index in [0.29, 0.717) is 18.1 Å². The van der Waals surface area contributed by atoms with E-state index in [1.807, 2.05) is 30.2 Å². The lowest BCUT2D eigenvalue weighted by molar-refractivity contribution is -0.136. The van der Waals surface area contributed by atoms with Crippen LogP contribution in [0.3, 0.4) is 0 Å². The maximum atomic E-state index is 13.0. The first-order valence-electron chi connectivity index (χ1n) is 13.6. The van der Waals surface area contributed by atoms with Crippen molar-refractivity contribution in [3.63, 3.8) is 0 Å². The van der Waals surface area contributed by atoms with E-state index in [1.165, 1.54) is 0 Å². The van der Waals surface area contributed by atoms with Crippen LogP contribution in [0.5, 0.6) is 0 Å². The van der Waals surface area contributed by atoms with Crippen LogP contribution in [0.4, 0.5) is 11.6 Å². The summed E-state index contributed by atoms with van der Waals surface area (Å²) in [5, 5.41) is 26.9. The highest BCUT2D eigenvalue weighted by molar-refractivity contribution is 5.94. The Morgan fingerprint density at radius 1 is 1.16 bits per heavy atom. The Kier molecular flexibility index (Phi) is 7.70. The number of nitrogens with zero attached hydrogens (tertiary/aromatic N) is 6. The van der Waals surface area contributed by atoms with Crippen molar-refractivity contribution in [1.29, 1.82) is 5.26 Å². The molecule has 0 unspecified atom stereocenters. The van der Waals surface area contributed by atoms with E-state index in [9.17, 15) is 10.1 Å². The maximum Gasteiger partial charge on any atom is 0.225 e. The number of hydrogen-bond donors (Lipinski definition) is 2. The Bertz CT molecular complexity index is 1350. The lowest BCUT2D eigenvalue weighted by Gasteiger charge is -2.37. The zero-order valence-corrected chi connectivity index (χ0v) is 22.5. The molecule has 0 bridgehead atoms. The van der Waals surface area contributed by atoms with Gasteiger partial charge in [0.05, 0.1) is 24.2 Å². The van der Waals surface area contributed by atoms with Crippen LogP contribution in [0.25, 0.3) is 10.8 Å². The summed E-state index contributed by atoms with van der Waals surface area (Å²) in [5.41, 5.74) is 4.14. The molecule has 3 aromatic rings. The summed E-state index contributed by atoms with van der Waals surface area (Å²) >= 11 is 0. The van der Waals surface area contributed by atoms with Gasteiger partial charge in [-0.2, -0.15) is 10.4 Å². The molecule has 1 atom stereocenters. The van der Waals surface area contributed by atoms with Crippen LogP contribution in [-0.2, 0) is 11.2 Å². The van der Waals surface area contributed by atoms with Gasteiger partial charge >= 0.3 is 0 Å². The molecule has 0 saturated carbocycles. The zero-order chi connectivity index (χ0) is 26.6. The van der Waals surface area contributed by atoms with Gasteiger partial charge in [-0.15, -0.1) is 5.10 Å². The van der Waals surface area contributed by atoms with Crippen LogP contribution in [0.15, 0.2) is 30.5 Å². The topological polar surface area (TPSA) is 110 Å². The molecule has 4 heterocycles. The monoisotopic (exact) mass is 512 g/mol. The molecule has 0 spiro atoms. The van der Waals surface area contributed by atoms with Crippen LogP contribution in [-0.4, -0.2) is 65.3 Å². The van der Waals surface area contributed by atoms with Gasteiger partial charge in [-0.05, 0) is 69.5 Å². The Morgan fingerprint density at radius 3 is 2.66 bits per heavy atom. The maximum absolute atomic E-state index is 13.0. The molecular weight excluding hydrogens is 476 g/mol. The number of benzene rings is 1. The number of nitrogens with one attached hydrogen (secondary N) is 2. The zero-order valence-electron chi connectivity index (χ0n) is 22.5. The molecule has 5 rings (SSSR count). The van der Waals surface area contributed by atoms with Gasteiger partial charge in [0.2, 0.25) is 5.91 Å². The highest BCUT2D eigenvalue weighted by Gasteiger charge is 2.29. The summed E-state index contributed by atoms with van der Waals surface area (Å²) < 4.78 is 0. The molecule has 1 amide bonds. The second-order valence-electron chi connectivity index (χ2n) is 10.4. The van der Waals surface area contributed by atoms with E-state index < -0.39 is 0 Å². The highest BCUT2D eigenvalue weighted by Crippen LogP contribution is 2.30. The van der Waals surface area contributed by atoms with Gasteiger partial charge < -0.3 is 20.4 Å². The summed E-state index contributed by atoms with van der Waals surface area (Å²) in [7, 11) is 0. The molecule has 2 aliphatic heterocycles. The number of carbonyl (C=O) groups excluding carboxylic acids is 1. The predicted octanol–water partition coefficient (Wildman–Crippen LogP) is 3.53. The quantitative estimate of drug-likeness (QED) is 0.516. The van der Waals surface area contributed by atoms with Gasteiger partial charge in [0, 0.05) is 49.1 Å². The first-order chi connectivity index (χ1) is 18.5. The second kappa shape index (κ2) is 11.3. The van der Waals surface area contributed by atoms with Gasteiger partial charge in [-0.25, -0.2) is 4.98 Å². The van der Waals surface area contributed by atoms with E-state index in [0.717, 1.165) is 91.1 Å². The van der Waals surface area contributed by atoms with Gasteiger partial charge in [0.1, 0.15) is 5.82 Å². The van der Waals surface area contributed by atoms with Gasteiger partial charge in [-0.3, -0.25) is 4.79 Å². The second-order valence-corrected chi connectivity index (χ2v) is 10.4. The van der Waals surface area contributed by atoms with Crippen molar-refractivity contribution in [2.45, 2.75) is 46.1 Å². The third kappa shape index (κ3) is 5.27. The van der Waals surface area contributed by atoms with Crippen molar-refractivity contribution in [2.24, 2.45) is 5.92 Å². The highest BCUT2D eigenvalue weighted by atomic mass is 16.2. The molecule has 9 heteroatoms. The largest absolute Gasteiger partial charge is 0.362 e. The Hall–Kier alpha value is -3.77. The Balaban J connectivity index is 1.34. The van der Waals surface area contributed by atoms with Crippen molar-refractivity contribution < 1.29 is 4.79 Å². The smallest absolute Gasteiger partial charge is 0.225 e. The molecule has 2 saturated heterocycles.